The predicted molar refractivity (Wildman–Crippen MR) is 108 cm³/mol. The van der Waals surface area contributed by atoms with Crippen molar-refractivity contribution < 1.29 is 0 Å². The molecule has 0 atom stereocenters. The van der Waals surface area contributed by atoms with Gasteiger partial charge < -0.3 is 9.80 Å². The predicted octanol–water partition coefficient (Wildman–Crippen LogP) is 3.44. The molecule has 2 aliphatic heterocycles. The molecule has 0 spiro atoms. The molecule has 0 aromatic heterocycles. The van der Waals surface area contributed by atoms with Gasteiger partial charge in [0.1, 0.15) is 0 Å². The van der Waals surface area contributed by atoms with Crippen LogP contribution in [-0.2, 0) is 0 Å². The molecule has 1 aromatic carbocycles. The number of hydrogen-bond acceptors (Lipinski definition) is 3. The highest BCUT2D eigenvalue weighted by Gasteiger charge is 2.32. The lowest BCUT2D eigenvalue weighted by Gasteiger charge is -2.44. The second-order valence-electron chi connectivity index (χ2n) is 8.57. The summed E-state index contributed by atoms with van der Waals surface area (Å²) < 4.78 is 0. The van der Waals surface area contributed by atoms with Crippen LogP contribution in [0.2, 0.25) is 0 Å². The molecule has 0 amide bonds. The summed E-state index contributed by atoms with van der Waals surface area (Å²) in [4.78, 5) is 7.78. The molecule has 25 heavy (non-hydrogen) atoms. The Balaban J connectivity index is 1.45. The van der Waals surface area contributed by atoms with E-state index >= 15 is 0 Å². The van der Waals surface area contributed by atoms with Crippen LogP contribution in [0.25, 0.3) is 6.08 Å². The molecule has 1 aromatic rings. The molecule has 138 valence electrons. The van der Waals surface area contributed by atoms with Crippen molar-refractivity contribution >= 4 is 6.08 Å². The molecular weight excluding hydrogens is 306 g/mol. The number of piperidine rings is 1. The van der Waals surface area contributed by atoms with Crippen LogP contribution >= 0.6 is 0 Å². The topological polar surface area (TPSA) is 9.72 Å². The Bertz CT molecular complexity index is 550. The fraction of sp³-hybridized carbons (Fsp3) is 0.636. The summed E-state index contributed by atoms with van der Waals surface area (Å²) in [5, 5.41) is 0. The Kier molecular flexibility index (Phi) is 6.32. The molecule has 2 saturated heterocycles. The first kappa shape index (κ1) is 18.6. The molecule has 0 N–H and O–H groups in total. The van der Waals surface area contributed by atoms with Crippen molar-refractivity contribution in [1.82, 2.24) is 14.7 Å². The van der Waals surface area contributed by atoms with Crippen LogP contribution in [0.3, 0.4) is 0 Å². The average molecular weight is 342 g/mol. The van der Waals surface area contributed by atoms with Gasteiger partial charge in [0.2, 0.25) is 0 Å². The minimum Gasteiger partial charge on any atom is -0.304 e. The molecule has 0 bridgehead atoms. The Morgan fingerprint density at radius 2 is 1.60 bits per heavy atom. The summed E-state index contributed by atoms with van der Waals surface area (Å²) in [6.07, 6.45) is 4.99. The van der Waals surface area contributed by atoms with Crippen LogP contribution < -0.4 is 0 Å². The molecule has 0 unspecified atom stereocenters. The van der Waals surface area contributed by atoms with E-state index in [0.717, 1.165) is 6.54 Å². The molecule has 2 aliphatic rings. The third-order valence-electron chi connectivity index (χ3n) is 5.95. The number of nitrogens with zero attached hydrogens (tertiary/aromatic N) is 3. The molecule has 0 radical (unpaired) electrons. The first-order valence-electron chi connectivity index (χ1n) is 9.88. The second-order valence-corrected chi connectivity index (χ2v) is 8.57. The SMILES string of the molecule is CC(=Cc1ccccc1)CN1CCC(C)(CN2CCN(C)CC2)CC1. The zero-order valence-electron chi connectivity index (χ0n) is 16.4. The Hall–Kier alpha value is -1.16. The van der Waals surface area contributed by atoms with Crippen LogP contribution in [0.1, 0.15) is 32.3 Å². The van der Waals surface area contributed by atoms with Crippen molar-refractivity contribution in [2.75, 3.05) is 59.4 Å². The molecule has 2 heterocycles. The maximum atomic E-state index is 2.69. The lowest BCUT2D eigenvalue weighted by atomic mass is 9.79. The Morgan fingerprint density at radius 1 is 0.960 bits per heavy atom. The summed E-state index contributed by atoms with van der Waals surface area (Å²) in [7, 11) is 2.24. The smallest absolute Gasteiger partial charge is 0.0193 e. The summed E-state index contributed by atoms with van der Waals surface area (Å²) in [6.45, 7) is 14.6. The van der Waals surface area contributed by atoms with Crippen LogP contribution in [0.4, 0.5) is 0 Å². The minimum atomic E-state index is 0.503. The monoisotopic (exact) mass is 341 g/mol. The molecule has 2 fully saturated rings. The number of likely N-dealkylation sites (tertiary alicyclic amines) is 1. The summed E-state index contributed by atoms with van der Waals surface area (Å²) in [5.41, 5.74) is 3.29. The van der Waals surface area contributed by atoms with Crippen molar-refractivity contribution in [2.45, 2.75) is 26.7 Å². The first-order valence-corrected chi connectivity index (χ1v) is 9.88. The van der Waals surface area contributed by atoms with E-state index in [1.807, 2.05) is 0 Å². The van der Waals surface area contributed by atoms with E-state index in [0.29, 0.717) is 5.41 Å². The standard InChI is InChI=1S/C22H35N3/c1-20(17-21-7-5-4-6-8-21)18-24-11-9-22(2,10-12-24)19-25-15-13-23(3)14-16-25/h4-8,17H,9-16,18-19H2,1-3H3. The van der Waals surface area contributed by atoms with Gasteiger partial charge in [0, 0.05) is 39.3 Å². The van der Waals surface area contributed by atoms with Crippen LogP contribution in [0, 0.1) is 5.41 Å². The third kappa shape index (κ3) is 5.67. The minimum absolute atomic E-state index is 0.503. The van der Waals surface area contributed by atoms with E-state index < -0.39 is 0 Å². The lowest BCUT2D eigenvalue weighted by Crippen LogP contribution is -2.50. The molecule has 3 rings (SSSR count). The van der Waals surface area contributed by atoms with Gasteiger partial charge in [-0.05, 0) is 50.9 Å². The molecule has 0 aliphatic carbocycles. The highest BCUT2D eigenvalue weighted by molar-refractivity contribution is 5.52. The number of rotatable bonds is 5. The summed E-state index contributed by atoms with van der Waals surface area (Å²) in [5.74, 6) is 0. The molecular formula is C22H35N3. The summed E-state index contributed by atoms with van der Waals surface area (Å²) >= 11 is 0. The van der Waals surface area contributed by atoms with Gasteiger partial charge in [0.25, 0.3) is 0 Å². The zero-order valence-corrected chi connectivity index (χ0v) is 16.4. The quantitative estimate of drug-likeness (QED) is 0.812. The van der Waals surface area contributed by atoms with Crippen molar-refractivity contribution in [3.63, 3.8) is 0 Å². The van der Waals surface area contributed by atoms with Crippen molar-refractivity contribution in [2.24, 2.45) is 5.41 Å². The van der Waals surface area contributed by atoms with Gasteiger partial charge in [-0.3, -0.25) is 4.90 Å². The highest BCUT2D eigenvalue weighted by Crippen LogP contribution is 2.32. The van der Waals surface area contributed by atoms with E-state index in [1.54, 1.807) is 0 Å². The van der Waals surface area contributed by atoms with Crippen molar-refractivity contribution in [3.8, 4) is 0 Å². The van der Waals surface area contributed by atoms with Crippen molar-refractivity contribution in [1.29, 1.82) is 0 Å². The third-order valence-corrected chi connectivity index (χ3v) is 5.95. The lowest BCUT2D eigenvalue weighted by molar-refractivity contribution is 0.0570. The highest BCUT2D eigenvalue weighted by atomic mass is 15.2. The molecule has 0 saturated carbocycles. The fourth-order valence-corrected chi connectivity index (χ4v) is 4.19. The van der Waals surface area contributed by atoms with E-state index in [2.05, 4.69) is 72.0 Å². The van der Waals surface area contributed by atoms with E-state index in [1.165, 1.54) is 69.8 Å². The van der Waals surface area contributed by atoms with E-state index in [9.17, 15) is 0 Å². The average Bonchev–Trinajstić information content (AvgIpc) is 2.60. The van der Waals surface area contributed by atoms with Gasteiger partial charge in [-0.25, -0.2) is 0 Å². The van der Waals surface area contributed by atoms with Gasteiger partial charge in [0.05, 0.1) is 0 Å². The fourth-order valence-electron chi connectivity index (χ4n) is 4.19. The molecule has 3 nitrogen and oxygen atoms in total. The number of piperazine rings is 1. The largest absolute Gasteiger partial charge is 0.304 e. The summed E-state index contributed by atoms with van der Waals surface area (Å²) in [6, 6.07) is 10.7. The number of benzene rings is 1. The number of hydrogen-bond donors (Lipinski definition) is 0. The van der Waals surface area contributed by atoms with Crippen LogP contribution in [0.5, 0.6) is 0 Å². The van der Waals surface area contributed by atoms with Crippen LogP contribution in [-0.4, -0.2) is 74.1 Å². The Morgan fingerprint density at radius 3 is 2.24 bits per heavy atom. The Labute approximate surface area is 154 Å². The van der Waals surface area contributed by atoms with E-state index in [4.69, 9.17) is 0 Å². The molecule has 3 heteroatoms. The normalized spacial score (nSPS) is 23.7. The second kappa shape index (κ2) is 8.48. The van der Waals surface area contributed by atoms with Gasteiger partial charge in [-0.2, -0.15) is 0 Å². The van der Waals surface area contributed by atoms with Gasteiger partial charge in [-0.1, -0.05) is 48.9 Å². The zero-order chi connectivity index (χ0) is 17.7. The van der Waals surface area contributed by atoms with Crippen LogP contribution in [0.15, 0.2) is 35.9 Å². The van der Waals surface area contributed by atoms with Gasteiger partial charge in [0.15, 0.2) is 0 Å². The maximum Gasteiger partial charge on any atom is 0.0193 e. The van der Waals surface area contributed by atoms with Gasteiger partial charge in [-0.15, -0.1) is 0 Å². The maximum absolute atomic E-state index is 2.69. The first-order chi connectivity index (χ1) is 12.0. The van der Waals surface area contributed by atoms with Crippen molar-refractivity contribution in [3.05, 3.63) is 41.5 Å². The number of likely N-dealkylation sites (N-methyl/N-ethyl adjacent to an activating group) is 1. The van der Waals surface area contributed by atoms with E-state index in [-0.39, 0.29) is 0 Å². The van der Waals surface area contributed by atoms with Gasteiger partial charge >= 0.3 is 0 Å².